The summed E-state index contributed by atoms with van der Waals surface area (Å²) in [5.74, 6) is 2.35. The topological polar surface area (TPSA) is 22.0 Å². The maximum Gasteiger partial charge on any atom is 0.152 e. The van der Waals surface area contributed by atoms with E-state index in [4.69, 9.17) is 0 Å². The molecule has 0 aliphatic rings. The van der Waals surface area contributed by atoms with E-state index in [9.17, 15) is 4.79 Å². The summed E-state index contributed by atoms with van der Waals surface area (Å²) in [7, 11) is 0. The number of nitrogens with zero attached hydrogens (tertiary/aromatic N) is 1. The van der Waals surface area contributed by atoms with Gasteiger partial charge in [-0.1, -0.05) is 25.1 Å². The molecule has 0 amide bonds. The molecule has 90 valence electrons. The quantitative estimate of drug-likeness (QED) is 0.575. The minimum Gasteiger partial charge on any atom is -0.347 e. The summed E-state index contributed by atoms with van der Waals surface area (Å²) in [6.07, 6.45) is 4.06. The molecule has 0 aliphatic heterocycles. The zero-order chi connectivity index (χ0) is 12.1. The van der Waals surface area contributed by atoms with Crippen molar-refractivity contribution in [3.8, 4) is 0 Å². The van der Waals surface area contributed by atoms with E-state index in [0.717, 1.165) is 35.7 Å². The maximum atomic E-state index is 11.0. The molecule has 0 aliphatic carbocycles. The molecule has 0 bridgehead atoms. The predicted molar refractivity (Wildman–Crippen MR) is 74.9 cm³/mol. The normalized spacial score (nSPS) is 10.9. The monoisotopic (exact) mass is 247 g/mol. The zero-order valence-electron chi connectivity index (χ0n) is 10.1. The van der Waals surface area contributed by atoms with Crippen molar-refractivity contribution in [2.24, 2.45) is 0 Å². The Morgan fingerprint density at radius 3 is 2.94 bits per heavy atom. The number of para-hydroxylation sites is 1. The number of aryl methyl sites for hydroxylation is 1. The first-order chi connectivity index (χ1) is 8.36. The summed E-state index contributed by atoms with van der Waals surface area (Å²) in [6, 6.07) is 8.09. The van der Waals surface area contributed by atoms with Gasteiger partial charge in [-0.25, -0.2) is 0 Å². The van der Waals surface area contributed by atoms with Crippen molar-refractivity contribution < 1.29 is 4.79 Å². The summed E-state index contributed by atoms with van der Waals surface area (Å²) in [5, 5.41) is 1.06. The number of fused-ring (bicyclic) bond motifs is 1. The molecule has 17 heavy (non-hydrogen) atoms. The van der Waals surface area contributed by atoms with Gasteiger partial charge in [-0.05, 0) is 24.0 Å². The number of hydrogen-bond acceptors (Lipinski definition) is 2. The Labute approximate surface area is 106 Å². The molecule has 3 heteroatoms. The first-order valence-corrected chi connectivity index (χ1v) is 7.13. The second-order valence-electron chi connectivity index (χ2n) is 3.96. The molecule has 0 radical (unpaired) electrons. The van der Waals surface area contributed by atoms with Crippen molar-refractivity contribution in [1.29, 1.82) is 0 Å². The summed E-state index contributed by atoms with van der Waals surface area (Å²) < 4.78 is 2.19. The molecule has 2 nitrogen and oxygen atoms in total. The first kappa shape index (κ1) is 12.2. The molecule has 0 N–H and O–H groups in total. The second kappa shape index (κ2) is 5.92. The third kappa shape index (κ3) is 2.72. The van der Waals surface area contributed by atoms with E-state index >= 15 is 0 Å². The summed E-state index contributed by atoms with van der Waals surface area (Å²) in [6.45, 7) is 3.17. The van der Waals surface area contributed by atoms with Gasteiger partial charge in [-0.2, -0.15) is 11.8 Å². The summed E-state index contributed by atoms with van der Waals surface area (Å²) >= 11 is 1.96. The van der Waals surface area contributed by atoms with E-state index in [1.54, 1.807) is 0 Å². The Hall–Kier alpha value is -1.22. The van der Waals surface area contributed by atoms with Crippen LogP contribution in [-0.4, -0.2) is 22.4 Å². The van der Waals surface area contributed by atoms with Gasteiger partial charge in [0, 0.05) is 29.2 Å². The Morgan fingerprint density at radius 1 is 1.35 bits per heavy atom. The Balaban J connectivity index is 2.19. The van der Waals surface area contributed by atoms with Crippen molar-refractivity contribution in [2.45, 2.75) is 19.9 Å². The van der Waals surface area contributed by atoms with Gasteiger partial charge in [0.05, 0.1) is 0 Å². The number of benzene rings is 1. The van der Waals surface area contributed by atoms with Crippen LogP contribution in [-0.2, 0) is 6.54 Å². The number of rotatable bonds is 6. The smallest absolute Gasteiger partial charge is 0.152 e. The molecular weight excluding hydrogens is 230 g/mol. The molecule has 0 saturated heterocycles. The zero-order valence-corrected chi connectivity index (χ0v) is 10.9. The summed E-state index contributed by atoms with van der Waals surface area (Å²) in [5.41, 5.74) is 1.96. The lowest BCUT2D eigenvalue weighted by atomic mass is 10.2. The van der Waals surface area contributed by atoms with Gasteiger partial charge >= 0.3 is 0 Å². The maximum absolute atomic E-state index is 11.0. The molecule has 0 spiro atoms. The summed E-state index contributed by atoms with van der Waals surface area (Å²) in [4.78, 5) is 11.0. The van der Waals surface area contributed by atoms with Crippen LogP contribution >= 0.6 is 11.8 Å². The number of carbonyl (C=O) groups excluding carboxylic acids is 1. The fourth-order valence-electron chi connectivity index (χ4n) is 2.04. The molecule has 1 aromatic carbocycles. The lowest BCUT2D eigenvalue weighted by Crippen LogP contribution is -1.97. The highest BCUT2D eigenvalue weighted by Gasteiger charge is 2.06. The van der Waals surface area contributed by atoms with Crippen molar-refractivity contribution in [2.75, 3.05) is 11.5 Å². The van der Waals surface area contributed by atoms with Crippen LogP contribution in [0, 0.1) is 0 Å². The third-order valence-electron chi connectivity index (χ3n) is 2.84. The number of aldehydes is 1. The van der Waals surface area contributed by atoms with Crippen LogP contribution < -0.4 is 0 Å². The number of carbonyl (C=O) groups is 1. The van der Waals surface area contributed by atoms with Crippen LogP contribution in [0.25, 0.3) is 10.9 Å². The standard InChI is InChI=1S/C14H17NOS/c1-2-17-9-5-8-15-10-12(11-16)13-6-3-4-7-14(13)15/h3-4,6-7,10-11H,2,5,8-9H2,1H3. The average molecular weight is 247 g/mol. The van der Waals surface area contributed by atoms with Crippen LogP contribution in [0.15, 0.2) is 30.5 Å². The van der Waals surface area contributed by atoms with Gasteiger partial charge in [0.15, 0.2) is 6.29 Å². The van der Waals surface area contributed by atoms with Crippen molar-refractivity contribution in [3.63, 3.8) is 0 Å². The molecule has 1 aromatic heterocycles. The Morgan fingerprint density at radius 2 is 2.18 bits per heavy atom. The molecule has 0 saturated carbocycles. The van der Waals surface area contributed by atoms with Crippen LogP contribution in [0.1, 0.15) is 23.7 Å². The highest BCUT2D eigenvalue weighted by atomic mass is 32.2. The first-order valence-electron chi connectivity index (χ1n) is 5.97. The molecule has 2 aromatic rings. The lowest BCUT2D eigenvalue weighted by molar-refractivity contribution is 0.112. The van der Waals surface area contributed by atoms with E-state index in [0.29, 0.717) is 0 Å². The van der Waals surface area contributed by atoms with Gasteiger partial charge in [-0.3, -0.25) is 4.79 Å². The number of aromatic nitrogens is 1. The lowest BCUT2D eigenvalue weighted by Gasteiger charge is -2.04. The molecule has 0 fully saturated rings. The Kier molecular flexibility index (Phi) is 4.26. The van der Waals surface area contributed by atoms with E-state index in [-0.39, 0.29) is 0 Å². The molecule has 1 heterocycles. The minimum absolute atomic E-state index is 0.795. The van der Waals surface area contributed by atoms with Gasteiger partial charge in [0.1, 0.15) is 0 Å². The van der Waals surface area contributed by atoms with Crippen LogP contribution in [0.5, 0.6) is 0 Å². The molecule has 0 unspecified atom stereocenters. The third-order valence-corrected chi connectivity index (χ3v) is 3.82. The largest absolute Gasteiger partial charge is 0.347 e. The highest BCUT2D eigenvalue weighted by Crippen LogP contribution is 2.20. The number of thioether (sulfide) groups is 1. The average Bonchev–Trinajstić information content (AvgIpc) is 2.73. The fourth-order valence-corrected chi connectivity index (χ4v) is 2.66. The minimum atomic E-state index is 0.795. The highest BCUT2D eigenvalue weighted by molar-refractivity contribution is 7.99. The van der Waals surface area contributed by atoms with Crippen molar-refractivity contribution >= 4 is 29.0 Å². The van der Waals surface area contributed by atoms with Gasteiger partial charge in [-0.15, -0.1) is 0 Å². The fraction of sp³-hybridized carbons (Fsp3) is 0.357. The number of hydrogen-bond donors (Lipinski definition) is 0. The van der Waals surface area contributed by atoms with Crippen molar-refractivity contribution in [3.05, 3.63) is 36.0 Å². The molecular formula is C14H17NOS. The SMILES string of the molecule is CCSCCCn1cc(C=O)c2ccccc21. The van der Waals surface area contributed by atoms with Gasteiger partial charge < -0.3 is 4.57 Å². The Bertz CT molecular complexity index is 504. The van der Waals surface area contributed by atoms with E-state index < -0.39 is 0 Å². The van der Waals surface area contributed by atoms with E-state index in [2.05, 4.69) is 17.6 Å². The van der Waals surface area contributed by atoms with Gasteiger partial charge in [0.2, 0.25) is 0 Å². The van der Waals surface area contributed by atoms with Crippen LogP contribution in [0.3, 0.4) is 0 Å². The van der Waals surface area contributed by atoms with Gasteiger partial charge in [0.25, 0.3) is 0 Å². The van der Waals surface area contributed by atoms with Crippen LogP contribution in [0.4, 0.5) is 0 Å². The second-order valence-corrected chi connectivity index (χ2v) is 5.36. The van der Waals surface area contributed by atoms with Crippen LogP contribution in [0.2, 0.25) is 0 Å². The van der Waals surface area contributed by atoms with E-state index in [1.807, 2.05) is 36.2 Å². The predicted octanol–water partition coefficient (Wildman–Crippen LogP) is 3.60. The molecule has 0 atom stereocenters. The van der Waals surface area contributed by atoms with Crippen molar-refractivity contribution in [1.82, 2.24) is 4.57 Å². The van der Waals surface area contributed by atoms with E-state index in [1.165, 1.54) is 11.5 Å². The molecule has 2 rings (SSSR count).